The van der Waals surface area contributed by atoms with Gasteiger partial charge in [-0.3, -0.25) is 9.20 Å². The molecule has 16 heavy (non-hydrogen) atoms. The van der Waals surface area contributed by atoms with E-state index in [1.165, 1.54) is 0 Å². The van der Waals surface area contributed by atoms with Crippen LogP contribution in [0.4, 0.5) is 5.82 Å². The summed E-state index contributed by atoms with van der Waals surface area (Å²) in [6.07, 6.45) is 3.59. The summed E-state index contributed by atoms with van der Waals surface area (Å²) in [5.74, 6) is 0.848. The van der Waals surface area contributed by atoms with Crippen molar-refractivity contribution in [3.63, 3.8) is 0 Å². The van der Waals surface area contributed by atoms with Crippen LogP contribution >= 0.6 is 0 Å². The molecule has 2 N–H and O–H groups in total. The number of anilines is 1. The van der Waals surface area contributed by atoms with Crippen molar-refractivity contribution in [2.24, 2.45) is 0 Å². The molecule has 0 spiro atoms. The molecule has 0 unspecified atom stereocenters. The number of imidazole rings is 1. The summed E-state index contributed by atoms with van der Waals surface area (Å²) in [7, 11) is 0. The van der Waals surface area contributed by atoms with Crippen LogP contribution in [0.15, 0.2) is 30.6 Å². The number of nitrogens with zero attached hydrogens (tertiary/aromatic N) is 2. The lowest BCUT2D eigenvalue weighted by Gasteiger charge is -2.08. The molecule has 5 heteroatoms. The van der Waals surface area contributed by atoms with Crippen LogP contribution in [0.25, 0.3) is 5.65 Å². The summed E-state index contributed by atoms with van der Waals surface area (Å²) in [6.45, 7) is 2.81. The van der Waals surface area contributed by atoms with Crippen LogP contribution in [0, 0.1) is 0 Å². The molecule has 0 aromatic carbocycles. The summed E-state index contributed by atoms with van der Waals surface area (Å²) in [5, 5.41) is 5.80. The number of carbonyl (C=O) groups is 1. The molecule has 2 rings (SSSR count). The Labute approximate surface area is 93.5 Å². The number of hydrogen-bond acceptors (Lipinski definition) is 3. The quantitative estimate of drug-likeness (QED) is 0.801. The number of pyridine rings is 1. The summed E-state index contributed by atoms with van der Waals surface area (Å²) >= 11 is 0. The molecular weight excluding hydrogens is 204 g/mol. The van der Waals surface area contributed by atoms with Crippen LogP contribution in [-0.2, 0) is 4.79 Å². The number of amides is 1. The van der Waals surface area contributed by atoms with Crippen molar-refractivity contribution >= 4 is 17.4 Å². The predicted molar refractivity (Wildman–Crippen MR) is 62.4 cm³/mol. The zero-order valence-corrected chi connectivity index (χ0v) is 9.10. The molecule has 1 amide bonds. The van der Waals surface area contributed by atoms with Gasteiger partial charge in [-0.1, -0.05) is 6.07 Å². The number of fused-ring (bicyclic) bond motifs is 1. The first-order valence-corrected chi connectivity index (χ1v) is 5.24. The number of rotatable bonds is 4. The number of hydrogen-bond donors (Lipinski definition) is 2. The Morgan fingerprint density at radius 2 is 2.38 bits per heavy atom. The third kappa shape index (κ3) is 2.13. The lowest BCUT2D eigenvalue weighted by Crippen LogP contribution is -2.29. The molecule has 0 radical (unpaired) electrons. The van der Waals surface area contributed by atoms with Crippen molar-refractivity contribution < 1.29 is 4.79 Å². The first kappa shape index (κ1) is 10.5. The summed E-state index contributed by atoms with van der Waals surface area (Å²) < 4.78 is 1.90. The van der Waals surface area contributed by atoms with Gasteiger partial charge in [0, 0.05) is 18.9 Å². The standard InChI is InChI=1S/C11H14N4O/c1-2-12-11(16)8-14-10-5-3-4-9-13-6-7-15(9)10/h3-7,14H,2,8H2,1H3,(H,12,16). The highest BCUT2D eigenvalue weighted by atomic mass is 16.1. The molecule has 2 aromatic heterocycles. The highest BCUT2D eigenvalue weighted by Crippen LogP contribution is 2.10. The molecule has 0 aliphatic heterocycles. The van der Waals surface area contributed by atoms with E-state index in [1.807, 2.05) is 35.7 Å². The van der Waals surface area contributed by atoms with E-state index >= 15 is 0 Å². The van der Waals surface area contributed by atoms with Crippen molar-refractivity contribution in [1.29, 1.82) is 0 Å². The Bertz CT molecular complexity index is 491. The fourth-order valence-corrected chi connectivity index (χ4v) is 1.52. The molecule has 0 aliphatic rings. The Kier molecular flexibility index (Phi) is 3.05. The molecule has 0 atom stereocenters. The van der Waals surface area contributed by atoms with E-state index in [2.05, 4.69) is 15.6 Å². The third-order valence-corrected chi connectivity index (χ3v) is 2.23. The van der Waals surface area contributed by atoms with Crippen molar-refractivity contribution in [2.75, 3.05) is 18.4 Å². The minimum Gasteiger partial charge on any atom is -0.362 e. The van der Waals surface area contributed by atoms with Gasteiger partial charge in [-0.15, -0.1) is 0 Å². The maximum atomic E-state index is 11.3. The monoisotopic (exact) mass is 218 g/mol. The molecule has 0 saturated heterocycles. The van der Waals surface area contributed by atoms with Crippen LogP contribution in [0.1, 0.15) is 6.92 Å². The van der Waals surface area contributed by atoms with Crippen LogP contribution < -0.4 is 10.6 Å². The van der Waals surface area contributed by atoms with Gasteiger partial charge in [-0.05, 0) is 19.1 Å². The maximum absolute atomic E-state index is 11.3. The highest BCUT2D eigenvalue weighted by molar-refractivity contribution is 5.80. The molecule has 0 fully saturated rings. The second-order valence-electron chi connectivity index (χ2n) is 3.37. The lowest BCUT2D eigenvalue weighted by atomic mass is 10.4. The van der Waals surface area contributed by atoms with E-state index in [9.17, 15) is 4.79 Å². The zero-order valence-electron chi connectivity index (χ0n) is 9.10. The van der Waals surface area contributed by atoms with Crippen LogP contribution in [0.5, 0.6) is 0 Å². The average molecular weight is 218 g/mol. The maximum Gasteiger partial charge on any atom is 0.239 e. The molecule has 2 heterocycles. The molecule has 0 aliphatic carbocycles. The van der Waals surface area contributed by atoms with Gasteiger partial charge in [0.05, 0.1) is 6.54 Å². The van der Waals surface area contributed by atoms with E-state index in [0.29, 0.717) is 6.54 Å². The van der Waals surface area contributed by atoms with Gasteiger partial charge >= 0.3 is 0 Å². The molecule has 0 saturated carbocycles. The first-order valence-electron chi connectivity index (χ1n) is 5.24. The van der Waals surface area contributed by atoms with E-state index in [1.54, 1.807) is 6.20 Å². The van der Waals surface area contributed by atoms with Crippen LogP contribution in [0.2, 0.25) is 0 Å². The minimum absolute atomic E-state index is 0.0142. The molecule has 84 valence electrons. The lowest BCUT2D eigenvalue weighted by molar-refractivity contribution is -0.119. The normalized spacial score (nSPS) is 10.3. The minimum atomic E-state index is -0.0142. The van der Waals surface area contributed by atoms with Crippen molar-refractivity contribution in [3.8, 4) is 0 Å². The Balaban J connectivity index is 2.09. The first-order chi connectivity index (χ1) is 7.81. The van der Waals surface area contributed by atoms with Gasteiger partial charge < -0.3 is 10.6 Å². The van der Waals surface area contributed by atoms with Crippen molar-refractivity contribution in [3.05, 3.63) is 30.6 Å². The summed E-state index contributed by atoms with van der Waals surface area (Å²) in [6, 6.07) is 5.73. The fourth-order valence-electron chi connectivity index (χ4n) is 1.52. The number of likely N-dealkylation sites (N-methyl/N-ethyl adjacent to an activating group) is 1. The highest BCUT2D eigenvalue weighted by Gasteiger charge is 2.02. The second kappa shape index (κ2) is 4.65. The van der Waals surface area contributed by atoms with Gasteiger partial charge in [0.25, 0.3) is 0 Å². The molecule has 2 aromatic rings. The average Bonchev–Trinajstić information content (AvgIpc) is 2.75. The van der Waals surface area contributed by atoms with Gasteiger partial charge in [0.15, 0.2) is 0 Å². The van der Waals surface area contributed by atoms with Crippen LogP contribution in [0.3, 0.4) is 0 Å². The summed E-state index contributed by atoms with van der Waals surface area (Å²) in [5.41, 5.74) is 0.862. The molecule has 5 nitrogen and oxygen atoms in total. The van der Waals surface area contributed by atoms with Gasteiger partial charge in [-0.25, -0.2) is 4.98 Å². The molecular formula is C11H14N4O. The van der Waals surface area contributed by atoms with E-state index < -0.39 is 0 Å². The van der Waals surface area contributed by atoms with Gasteiger partial charge in [0.1, 0.15) is 11.5 Å². The van der Waals surface area contributed by atoms with Crippen molar-refractivity contribution in [1.82, 2.24) is 14.7 Å². The smallest absolute Gasteiger partial charge is 0.239 e. The fraction of sp³-hybridized carbons (Fsp3) is 0.273. The second-order valence-corrected chi connectivity index (χ2v) is 3.37. The van der Waals surface area contributed by atoms with Gasteiger partial charge in [0.2, 0.25) is 5.91 Å². The molecule has 0 bridgehead atoms. The largest absolute Gasteiger partial charge is 0.362 e. The summed E-state index contributed by atoms with van der Waals surface area (Å²) in [4.78, 5) is 15.5. The Hall–Kier alpha value is -2.04. The van der Waals surface area contributed by atoms with E-state index in [4.69, 9.17) is 0 Å². The number of aromatic nitrogens is 2. The number of carbonyl (C=O) groups excluding carboxylic acids is 1. The Morgan fingerprint density at radius 3 is 3.19 bits per heavy atom. The van der Waals surface area contributed by atoms with Crippen LogP contribution in [-0.4, -0.2) is 28.4 Å². The van der Waals surface area contributed by atoms with Gasteiger partial charge in [-0.2, -0.15) is 0 Å². The zero-order chi connectivity index (χ0) is 11.4. The van der Waals surface area contributed by atoms with E-state index in [0.717, 1.165) is 11.5 Å². The third-order valence-electron chi connectivity index (χ3n) is 2.23. The topological polar surface area (TPSA) is 58.4 Å². The Morgan fingerprint density at radius 1 is 1.50 bits per heavy atom. The van der Waals surface area contributed by atoms with Crippen molar-refractivity contribution in [2.45, 2.75) is 6.92 Å². The van der Waals surface area contributed by atoms with E-state index in [-0.39, 0.29) is 12.5 Å². The predicted octanol–water partition coefficient (Wildman–Crippen LogP) is 0.882. The SMILES string of the molecule is CCNC(=O)CNc1cccc2nccn12. The number of nitrogens with one attached hydrogen (secondary N) is 2.